The quantitative estimate of drug-likeness (QED) is 0.551. The molecule has 3 aromatic rings. The van der Waals surface area contributed by atoms with Crippen LogP contribution < -0.4 is 15.4 Å². The molecular formula is C23H22N2O3S. The first-order chi connectivity index (χ1) is 14.0. The van der Waals surface area contributed by atoms with Gasteiger partial charge >= 0.3 is 0 Å². The van der Waals surface area contributed by atoms with Crippen LogP contribution in [0.3, 0.4) is 0 Å². The Balaban J connectivity index is 1.79. The molecule has 2 aromatic carbocycles. The second-order valence-corrected chi connectivity index (χ2v) is 7.29. The molecule has 0 spiro atoms. The molecule has 0 fully saturated rings. The van der Waals surface area contributed by atoms with Crippen LogP contribution >= 0.6 is 11.3 Å². The number of aryl methyl sites for hydroxylation is 1. The molecule has 0 unspecified atom stereocenters. The number of thiophene rings is 1. The first kappa shape index (κ1) is 20.4. The van der Waals surface area contributed by atoms with Gasteiger partial charge in [-0.1, -0.05) is 23.8 Å². The van der Waals surface area contributed by atoms with Crippen LogP contribution in [0.4, 0.5) is 5.69 Å². The molecule has 0 radical (unpaired) electrons. The van der Waals surface area contributed by atoms with Gasteiger partial charge in [0.25, 0.3) is 11.8 Å². The van der Waals surface area contributed by atoms with Gasteiger partial charge in [-0.25, -0.2) is 0 Å². The Bertz CT molecular complexity index is 1010. The fourth-order valence-electron chi connectivity index (χ4n) is 2.65. The van der Waals surface area contributed by atoms with Gasteiger partial charge in [0.05, 0.1) is 6.61 Å². The summed E-state index contributed by atoms with van der Waals surface area (Å²) in [6.07, 6.45) is 1.67. The zero-order valence-electron chi connectivity index (χ0n) is 16.3. The lowest BCUT2D eigenvalue weighted by molar-refractivity contribution is -0.113. The number of carbonyl (C=O) groups excluding carboxylic acids is 2. The zero-order chi connectivity index (χ0) is 20.6. The number of rotatable bonds is 7. The molecule has 29 heavy (non-hydrogen) atoms. The summed E-state index contributed by atoms with van der Waals surface area (Å²) in [7, 11) is 0. The number of hydrogen-bond acceptors (Lipinski definition) is 4. The Kier molecular flexibility index (Phi) is 6.81. The van der Waals surface area contributed by atoms with Crippen LogP contribution in [0.15, 0.2) is 71.7 Å². The predicted octanol–water partition coefficient (Wildman–Crippen LogP) is 4.86. The fraction of sp³-hybridized carbons (Fsp3) is 0.130. The number of carbonyl (C=O) groups is 2. The highest BCUT2D eigenvalue weighted by molar-refractivity contribution is 7.10. The van der Waals surface area contributed by atoms with E-state index in [1.54, 1.807) is 42.5 Å². The van der Waals surface area contributed by atoms with Gasteiger partial charge in [0.15, 0.2) is 0 Å². The van der Waals surface area contributed by atoms with Gasteiger partial charge in [-0.05, 0) is 67.8 Å². The molecule has 1 aromatic heterocycles. The minimum Gasteiger partial charge on any atom is -0.494 e. The zero-order valence-corrected chi connectivity index (χ0v) is 17.1. The molecule has 2 N–H and O–H groups in total. The molecule has 6 heteroatoms. The van der Waals surface area contributed by atoms with E-state index < -0.39 is 5.91 Å². The van der Waals surface area contributed by atoms with E-state index in [-0.39, 0.29) is 11.6 Å². The summed E-state index contributed by atoms with van der Waals surface area (Å²) in [6, 6.07) is 18.1. The van der Waals surface area contributed by atoms with Gasteiger partial charge in [0.1, 0.15) is 11.4 Å². The lowest BCUT2D eigenvalue weighted by Crippen LogP contribution is -2.30. The van der Waals surface area contributed by atoms with Gasteiger partial charge in [0.2, 0.25) is 0 Å². The molecule has 0 aliphatic heterocycles. The van der Waals surface area contributed by atoms with Gasteiger partial charge in [-0.3, -0.25) is 9.59 Å². The number of amides is 2. The molecule has 0 bridgehead atoms. The van der Waals surface area contributed by atoms with Crippen molar-refractivity contribution in [2.24, 2.45) is 0 Å². The number of nitrogens with one attached hydrogen (secondary N) is 2. The lowest BCUT2D eigenvalue weighted by Gasteiger charge is -2.12. The molecule has 0 saturated carbocycles. The van der Waals surface area contributed by atoms with Crippen molar-refractivity contribution in [2.75, 3.05) is 11.9 Å². The van der Waals surface area contributed by atoms with E-state index >= 15 is 0 Å². The normalized spacial score (nSPS) is 11.0. The van der Waals surface area contributed by atoms with Gasteiger partial charge in [0, 0.05) is 16.1 Å². The van der Waals surface area contributed by atoms with Crippen molar-refractivity contribution in [3.8, 4) is 5.75 Å². The number of hydrogen-bond donors (Lipinski definition) is 2. The second kappa shape index (κ2) is 9.71. The monoisotopic (exact) mass is 406 g/mol. The van der Waals surface area contributed by atoms with Crippen LogP contribution in [-0.4, -0.2) is 18.4 Å². The topological polar surface area (TPSA) is 67.4 Å². The third-order valence-corrected chi connectivity index (χ3v) is 4.85. The number of ether oxygens (including phenoxy) is 1. The Morgan fingerprint density at radius 1 is 1.07 bits per heavy atom. The van der Waals surface area contributed by atoms with Crippen LogP contribution in [0, 0.1) is 6.92 Å². The summed E-state index contributed by atoms with van der Waals surface area (Å²) in [5, 5.41) is 7.47. The van der Waals surface area contributed by atoms with Crippen molar-refractivity contribution in [3.63, 3.8) is 0 Å². The number of anilines is 1. The molecule has 0 saturated heterocycles. The van der Waals surface area contributed by atoms with E-state index in [9.17, 15) is 9.59 Å². The average Bonchev–Trinajstić information content (AvgIpc) is 3.22. The maximum atomic E-state index is 12.9. The van der Waals surface area contributed by atoms with E-state index in [0.717, 1.165) is 16.2 Å². The first-order valence-corrected chi connectivity index (χ1v) is 10.1. The minimum atomic E-state index is -0.399. The van der Waals surface area contributed by atoms with E-state index in [2.05, 4.69) is 10.6 Å². The van der Waals surface area contributed by atoms with Crippen molar-refractivity contribution < 1.29 is 14.3 Å². The smallest absolute Gasteiger partial charge is 0.272 e. The fourth-order valence-corrected chi connectivity index (χ4v) is 3.31. The molecule has 0 aliphatic carbocycles. The first-order valence-electron chi connectivity index (χ1n) is 9.22. The highest BCUT2D eigenvalue weighted by Crippen LogP contribution is 2.18. The average molecular weight is 407 g/mol. The summed E-state index contributed by atoms with van der Waals surface area (Å²) >= 11 is 1.48. The minimum absolute atomic E-state index is 0.174. The summed E-state index contributed by atoms with van der Waals surface area (Å²) in [5.74, 6) is -0.00508. The van der Waals surface area contributed by atoms with E-state index in [4.69, 9.17) is 4.74 Å². The van der Waals surface area contributed by atoms with Crippen LogP contribution in [-0.2, 0) is 4.79 Å². The molecule has 2 amide bonds. The van der Waals surface area contributed by atoms with Crippen LogP contribution in [0.1, 0.15) is 27.7 Å². The highest BCUT2D eigenvalue weighted by Gasteiger charge is 2.15. The SMILES string of the molecule is CCOc1ccc(NC(=O)/C(=C/c2cccs2)NC(=O)c2cccc(C)c2)cc1. The lowest BCUT2D eigenvalue weighted by atomic mass is 10.1. The molecule has 3 rings (SSSR count). The molecular weight excluding hydrogens is 384 g/mol. The molecule has 148 valence electrons. The van der Waals surface area contributed by atoms with Crippen molar-refractivity contribution in [1.82, 2.24) is 5.32 Å². The number of benzene rings is 2. The van der Waals surface area contributed by atoms with Crippen molar-refractivity contribution >= 4 is 34.9 Å². The Hall–Kier alpha value is -3.38. The second-order valence-electron chi connectivity index (χ2n) is 6.31. The van der Waals surface area contributed by atoms with Gasteiger partial charge in [-0.2, -0.15) is 0 Å². The summed E-state index contributed by atoms with van der Waals surface area (Å²) in [5.41, 5.74) is 2.25. The van der Waals surface area contributed by atoms with Gasteiger partial charge < -0.3 is 15.4 Å². The molecule has 0 atom stereocenters. The third-order valence-electron chi connectivity index (χ3n) is 4.03. The van der Waals surface area contributed by atoms with Crippen LogP contribution in [0.5, 0.6) is 5.75 Å². The Morgan fingerprint density at radius 2 is 1.86 bits per heavy atom. The van der Waals surface area contributed by atoms with E-state index in [1.807, 2.05) is 43.5 Å². The van der Waals surface area contributed by atoms with Crippen molar-refractivity contribution in [3.05, 3.63) is 87.7 Å². The van der Waals surface area contributed by atoms with Crippen molar-refractivity contribution in [2.45, 2.75) is 13.8 Å². The van der Waals surface area contributed by atoms with Crippen molar-refractivity contribution in [1.29, 1.82) is 0 Å². The molecule has 0 aliphatic rings. The molecule has 5 nitrogen and oxygen atoms in total. The summed E-state index contributed by atoms with van der Waals surface area (Å²) in [6.45, 7) is 4.40. The maximum absolute atomic E-state index is 12.9. The van der Waals surface area contributed by atoms with Gasteiger partial charge in [-0.15, -0.1) is 11.3 Å². The third kappa shape index (κ3) is 5.80. The Morgan fingerprint density at radius 3 is 2.52 bits per heavy atom. The van der Waals surface area contributed by atoms with E-state index in [0.29, 0.717) is 17.9 Å². The highest BCUT2D eigenvalue weighted by atomic mass is 32.1. The van der Waals surface area contributed by atoms with Crippen LogP contribution in [0.2, 0.25) is 0 Å². The standard InChI is InChI=1S/C23H22N2O3S/c1-3-28-19-11-9-18(10-12-19)24-23(27)21(15-20-8-5-13-29-20)25-22(26)17-7-4-6-16(2)14-17/h4-15H,3H2,1-2H3,(H,24,27)(H,25,26)/b21-15-. The molecule has 1 heterocycles. The van der Waals surface area contributed by atoms with Crippen LogP contribution in [0.25, 0.3) is 6.08 Å². The maximum Gasteiger partial charge on any atom is 0.272 e. The predicted molar refractivity (Wildman–Crippen MR) is 117 cm³/mol. The largest absolute Gasteiger partial charge is 0.494 e. The summed E-state index contributed by atoms with van der Waals surface area (Å²) < 4.78 is 5.41. The Labute approximate surface area is 174 Å². The summed E-state index contributed by atoms with van der Waals surface area (Å²) in [4.78, 5) is 26.4. The van der Waals surface area contributed by atoms with E-state index in [1.165, 1.54) is 11.3 Å².